The van der Waals surface area contributed by atoms with Gasteiger partial charge >= 0.3 is 7.82 Å². The van der Waals surface area contributed by atoms with Crippen LogP contribution in [0.15, 0.2) is 122 Å². The van der Waals surface area contributed by atoms with E-state index in [1.54, 1.807) is 6.08 Å². The van der Waals surface area contributed by atoms with E-state index in [-0.39, 0.29) is 19.1 Å². The number of carbonyl (C=O) groups is 1. The third-order valence-electron chi connectivity index (χ3n) is 14.4. The van der Waals surface area contributed by atoms with Crippen molar-refractivity contribution in [1.82, 2.24) is 5.32 Å². The number of hydrogen-bond donors (Lipinski definition) is 3. The van der Waals surface area contributed by atoms with Crippen LogP contribution >= 0.6 is 7.82 Å². The zero-order chi connectivity index (χ0) is 59.1. The van der Waals surface area contributed by atoms with Gasteiger partial charge in [-0.25, -0.2) is 4.57 Å². The number of aliphatic hydroxyl groups excluding tert-OH is 1. The lowest BCUT2D eigenvalue weighted by Crippen LogP contribution is -2.45. The number of nitrogens with zero attached hydrogens (tertiary/aromatic N) is 1. The Balaban J connectivity index is 4.21. The molecule has 3 atom stereocenters. The standard InChI is InChI=1S/C72H127N2O6P/c1-6-8-10-12-14-16-18-20-22-24-26-28-30-32-34-35-36-37-38-39-40-42-44-46-48-50-52-54-56-58-60-62-64-66-72(76)73-70(69-80-81(77,78)79-68-67-74(3,4)5)71(75)65-63-61-59-57-55-53-51-49-47-45-43-41-33-31-29-27-25-23-21-19-17-15-13-11-9-7-2/h8,10,14,16,20,22,26,28,32,34,36-37,39-40,47,49,55,57,63,65,70-71,75H,6-7,9,11-13,15,17-19,21,23-25,27,29-31,33,35,38,41-46,48,50-54,56,58-62,64,66-69H2,1-5H3,(H-,73,76,77,78)/p+1/b10-8-,16-14-,22-20-,28-26-,34-32-,37-36-,40-39-,49-47+,57-55+,65-63+. The molecule has 0 aliphatic rings. The van der Waals surface area contributed by atoms with Crippen LogP contribution < -0.4 is 5.32 Å². The number of phosphoric acid groups is 1. The van der Waals surface area contributed by atoms with Crippen molar-refractivity contribution in [3.8, 4) is 0 Å². The van der Waals surface area contributed by atoms with Gasteiger partial charge in [0.05, 0.1) is 39.9 Å². The predicted octanol–water partition coefficient (Wildman–Crippen LogP) is 21.3. The van der Waals surface area contributed by atoms with Crippen molar-refractivity contribution in [3.05, 3.63) is 122 Å². The number of amides is 1. The summed E-state index contributed by atoms with van der Waals surface area (Å²) < 4.78 is 23.8. The molecule has 0 fully saturated rings. The first-order chi connectivity index (χ1) is 39.5. The van der Waals surface area contributed by atoms with Crippen molar-refractivity contribution < 1.29 is 32.9 Å². The average Bonchev–Trinajstić information content (AvgIpc) is 3.43. The Labute approximate surface area is 501 Å². The van der Waals surface area contributed by atoms with Gasteiger partial charge in [-0.1, -0.05) is 289 Å². The molecule has 81 heavy (non-hydrogen) atoms. The smallest absolute Gasteiger partial charge is 0.387 e. The largest absolute Gasteiger partial charge is 0.472 e. The molecule has 0 saturated heterocycles. The summed E-state index contributed by atoms with van der Waals surface area (Å²) >= 11 is 0. The molecule has 0 rings (SSSR count). The number of nitrogens with one attached hydrogen (secondary N) is 1. The van der Waals surface area contributed by atoms with Gasteiger partial charge in [0.1, 0.15) is 13.2 Å². The minimum absolute atomic E-state index is 0.0475. The van der Waals surface area contributed by atoms with E-state index in [0.29, 0.717) is 17.4 Å². The molecule has 3 N–H and O–H groups in total. The van der Waals surface area contributed by atoms with Crippen molar-refractivity contribution in [2.24, 2.45) is 0 Å². The number of aliphatic hydroxyl groups is 1. The van der Waals surface area contributed by atoms with Gasteiger partial charge in [0.25, 0.3) is 0 Å². The zero-order valence-electron chi connectivity index (χ0n) is 53.2. The first-order valence-corrected chi connectivity index (χ1v) is 34.9. The maximum absolute atomic E-state index is 13.0. The van der Waals surface area contributed by atoms with Crippen molar-refractivity contribution in [3.63, 3.8) is 0 Å². The summed E-state index contributed by atoms with van der Waals surface area (Å²) in [7, 11) is 1.53. The van der Waals surface area contributed by atoms with E-state index in [1.807, 2.05) is 27.2 Å². The number of phosphoric ester groups is 1. The van der Waals surface area contributed by atoms with Crippen LogP contribution in [-0.2, 0) is 18.4 Å². The topological polar surface area (TPSA) is 105 Å². The molecular formula is C72H128N2O6P+. The number of likely N-dealkylation sites (N-methyl/N-ethyl adjacent to an activating group) is 1. The van der Waals surface area contributed by atoms with Gasteiger partial charge in [-0.05, 0) is 103 Å². The second-order valence-corrected chi connectivity index (χ2v) is 24.9. The molecule has 0 aromatic carbocycles. The first-order valence-electron chi connectivity index (χ1n) is 33.4. The van der Waals surface area contributed by atoms with Crippen LogP contribution in [0.1, 0.15) is 277 Å². The molecule has 0 aromatic heterocycles. The van der Waals surface area contributed by atoms with Crippen molar-refractivity contribution in [2.45, 2.75) is 289 Å². The summed E-state index contributed by atoms with van der Waals surface area (Å²) in [6.45, 7) is 4.68. The lowest BCUT2D eigenvalue weighted by Gasteiger charge is -2.25. The SMILES string of the molecule is CC/C=C\C/C=C\C/C=C\C/C=C\C/C=C\C/C=C\C/C=C\CCCCCCCCCCCCCC(=O)NC(COP(=O)(O)OCC[N+](C)(C)C)C(O)/C=C/CC/C=C/CC/C=C/CCCCCCCCCCCCCCCCCC. The molecule has 0 aromatic rings. The summed E-state index contributed by atoms with van der Waals surface area (Å²) in [5, 5.41) is 14.0. The highest BCUT2D eigenvalue weighted by molar-refractivity contribution is 7.47. The number of allylic oxidation sites excluding steroid dienone is 19. The Morgan fingerprint density at radius 1 is 0.432 bits per heavy atom. The van der Waals surface area contributed by atoms with Gasteiger partial charge < -0.3 is 19.8 Å². The van der Waals surface area contributed by atoms with Crippen LogP contribution in [-0.4, -0.2) is 73.4 Å². The van der Waals surface area contributed by atoms with Gasteiger partial charge in [0, 0.05) is 6.42 Å². The summed E-state index contributed by atoms with van der Waals surface area (Å²) in [6.07, 6.45) is 91.9. The Bertz CT molecular complexity index is 1730. The van der Waals surface area contributed by atoms with Crippen LogP contribution in [0.4, 0.5) is 0 Å². The van der Waals surface area contributed by atoms with Crippen molar-refractivity contribution in [1.29, 1.82) is 0 Å². The molecule has 0 heterocycles. The van der Waals surface area contributed by atoms with Crippen molar-refractivity contribution in [2.75, 3.05) is 40.9 Å². The maximum Gasteiger partial charge on any atom is 0.472 e. The number of carbonyl (C=O) groups excluding carboxylic acids is 1. The number of rotatable bonds is 60. The highest BCUT2D eigenvalue weighted by atomic mass is 31.2. The van der Waals surface area contributed by atoms with Gasteiger partial charge in [-0.2, -0.15) is 0 Å². The first kappa shape index (κ1) is 77.9. The minimum atomic E-state index is -4.37. The molecule has 8 nitrogen and oxygen atoms in total. The third-order valence-corrected chi connectivity index (χ3v) is 15.4. The zero-order valence-corrected chi connectivity index (χ0v) is 54.1. The van der Waals surface area contributed by atoms with E-state index in [0.717, 1.165) is 89.9 Å². The Morgan fingerprint density at radius 2 is 0.753 bits per heavy atom. The van der Waals surface area contributed by atoms with E-state index >= 15 is 0 Å². The maximum atomic E-state index is 13.0. The Hall–Kier alpha value is -3.10. The number of hydrogen-bond acceptors (Lipinski definition) is 5. The van der Waals surface area contributed by atoms with Crippen LogP contribution in [0.3, 0.4) is 0 Å². The molecule has 0 saturated carbocycles. The molecule has 0 spiro atoms. The molecule has 1 amide bonds. The van der Waals surface area contributed by atoms with Crippen LogP contribution in [0.5, 0.6) is 0 Å². The van der Waals surface area contributed by atoms with Gasteiger partial charge in [-0.3, -0.25) is 13.8 Å². The second kappa shape index (κ2) is 61.5. The normalized spacial score (nSPS) is 14.5. The van der Waals surface area contributed by atoms with Crippen molar-refractivity contribution >= 4 is 13.7 Å². The summed E-state index contributed by atoms with van der Waals surface area (Å²) in [4.78, 5) is 23.4. The fourth-order valence-corrected chi connectivity index (χ4v) is 9.97. The van der Waals surface area contributed by atoms with Gasteiger partial charge in [0.15, 0.2) is 0 Å². The second-order valence-electron chi connectivity index (χ2n) is 23.4. The molecule has 9 heteroatoms. The Kier molecular flexibility index (Phi) is 59.1. The Morgan fingerprint density at radius 3 is 1.14 bits per heavy atom. The molecular weight excluding hydrogens is 1020 g/mol. The molecule has 0 aliphatic heterocycles. The highest BCUT2D eigenvalue weighted by Crippen LogP contribution is 2.43. The monoisotopic (exact) mass is 1150 g/mol. The lowest BCUT2D eigenvalue weighted by molar-refractivity contribution is -0.870. The van der Waals surface area contributed by atoms with E-state index in [4.69, 9.17) is 9.05 Å². The minimum Gasteiger partial charge on any atom is -0.387 e. The number of quaternary nitrogens is 1. The highest BCUT2D eigenvalue weighted by Gasteiger charge is 2.27. The van der Waals surface area contributed by atoms with E-state index in [9.17, 15) is 19.4 Å². The van der Waals surface area contributed by atoms with Crippen LogP contribution in [0, 0.1) is 0 Å². The molecule has 0 radical (unpaired) electrons. The fraction of sp³-hybridized carbons (Fsp3) is 0.708. The third kappa shape index (κ3) is 64.3. The molecule has 0 bridgehead atoms. The molecule has 3 unspecified atom stereocenters. The van der Waals surface area contributed by atoms with Gasteiger partial charge in [0.2, 0.25) is 5.91 Å². The molecule has 0 aliphatic carbocycles. The van der Waals surface area contributed by atoms with Crippen LogP contribution in [0.2, 0.25) is 0 Å². The average molecular weight is 1150 g/mol. The predicted molar refractivity (Wildman–Crippen MR) is 355 cm³/mol. The van der Waals surface area contributed by atoms with Crippen LogP contribution in [0.25, 0.3) is 0 Å². The fourth-order valence-electron chi connectivity index (χ4n) is 9.23. The summed E-state index contributed by atoms with van der Waals surface area (Å²) in [5.41, 5.74) is 0. The summed E-state index contributed by atoms with van der Waals surface area (Å²) in [6, 6.07) is -0.881. The summed E-state index contributed by atoms with van der Waals surface area (Å²) in [5.74, 6) is -0.197. The quantitative estimate of drug-likeness (QED) is 0.0243. The molecule has 466 valence electrons. The van der Waals surface area contributed by atoms with E-state index < -0.39 is 20.0 Å². The number of unbranched alkanes of at least 4 members (excludes halogenated alkanes) is 29. The lowest BCUT2D eigenvalue weighted by atomic mass is 10.0. The van der Waals surface area contributed by atoms with E-state index in [2.05, 4.69) is 129 Å². The van der Waals surface area contributed by atoms with E-state index in [1.165, 1.54) is 167 Å². The van der Waals surface area contributed by atoms with Gasteiger partial charge in [-0.15, -0.1) is 0 Å².